The zero-order valence-electron chi connectivity index (χ0n) is 11.6. The summed E-state index contributed by atoms with van der Waals surface area (Å²) < 4.78 is 6.23. The van der Waals surface area contributed by atoms with E-state index in [1.807, 2.05) is 23.1 Å². The maximum Gasteiger partial charge on any atom is 0.305 e. The van der Waals surface area contributed by atoms with Crippen LogP contribution in [0.2, 0.25) is 0 Å². The third kappa shape index (κ3) is 3.95. The van der Waals surface area contributed by atoms with Crippen molar-refractivity contribution in [3.05, 3.63) is 28.2 Å². The highest BCUT2D eigenvalue weighted by Crippen LogP contribution is 2.25. The SMILES string of the molecule is COc1ccc(Br)cc1CN1CCNC(=O)C1CC(=O)O. The summed E-state index contributed by atoms with van der Waals surface area (Å²) in [5.74, 6) is -0.501. The molecule has 2 rings (SSSR count). The molecular formula is C14H17BrN2O4. The number of carboxylic acids is 1. The first-order chi connectivity index (χ1) is 10.0. The minimum absolute atomic E-state index is 0.206. The average molecular weight is 357 g/mol. The molecule has 0 aliphatic carbocycles. The second-order valence-electron chi connectivity index (χ2n) is 4.83. The zero-order chi connectivity index (χ0) is 15.4. The van der Waals surface area contributed by atoms with Gasteiger partial charge in [-0.25, -0.2) is 0 Å². The van der Waals surface area contributed by atoms with E-state index >= 15 is 0 Å². The predicted octanol–water partition coefficient (Wildman–Crippen LogP) is 1.23. The quantitative estimate of drug-likeness (QED) is 0.829. The predicted molar refractivity (Wildman–Crippen MR) is 80.2 cm³/mol. The summed E-state index contributed by atoms with van der Waals surface area (Å²) in [5.41, 5.74) is 0.914. The molecule has 1 aliphatic rings. The van der Waals surface area contributed by atoms with Crippen molar-refractivity contribution in [3.8, 4) is 5.75 Å². The number of aliphatic carboxylic acids is 1. The monoisotopic (exact) mass is 356 g/mol. The number of rotatable bonds is 5. The molecule has 0 saturated carbocycles. The number of carbonyl (C=O) groups is 2. The van der Waals surface area contributed by atoms with Crippen molar-refractivity contribution in [1.29, 1.82) is 0 Å². The molecule has 1 aromatic carbocycles. The largest absolute Gasteiger partial charge is 0.496 e. The molecule has 1 aromatic rings. The zero-order valence-corrected chi connectivity index (χ0v) is 13.2. The molecule has 21 heavy (non-hydrogen) atoms. The maximum atomic E-state index is 11.9. The van der Waals surface area contributed by atoms with Crippen LogP contribution in [0.25, 0.3) is 0 Å². The number of nitrogens with zero attached hydrogens (tertiary/aromatic N) is 1. The van der Waals surface area contributed by atoms with Gasteiger partial charge in [0.1, 0.15) is 11.8 Å². The van der Waals surface area contributed by atoms with Crippen LogP contribution in [-0.4, -0.2) is 48.1 Å². The lowest BCUT2D eigenvalue weighted by Gasteiger charge is -2.34. The standard InChI is InChI=1S/C14H17BrN2O4/c1-21-12-3-2-10(15)6-9(12)8-17-5-4-16-14(20)11(17)7-13(18)19/h2-3,6,11H,4-5,7-8H2,1H3,(H,16,20)(H,18,19). The molecule has 1 heterocycles. The lowest BCUT2D eigenvalue weighted by atomic mass is 10.1. The Labute approximate surface area is 131 Å². The van der Waals surface area contributed by atoms with E-state index in [9.17, 15) is 9.59 Å². The molecule has 0 bridgehead atoms. The van der Waals surface area contributed by atoms with E-state index in [0.29, 0.717) is 19.6 Å². The van der Waals surface area contributed by atoms with Gasteiger partial charge in [-0.2, -0.15) is 0 Å². The van der Waals surface area contributed by atoms with Crippen molar-refractivity contribution in [2.75, 3.05) is 20.2 Å². The van der Waals surface area contributed by atoms with E-state index < -0.39 is 12.0 Å². The van der Waals surface area contributed by atoms with Gasteiger partial charge in [-0.1, -0.05) is 15.9 Å². The average Bonchev–Trinajstić information content (AvgIpc) is 2.42. The second-order valence-corrected chi connectivity index (χ2v) is 5.75. The van der Waals surface area contributed by atoms with Gasteiger partial charge in [0, 0.05) is 29.7 Å². The number of methoxy groups -OCH3 is 1. The summed E-state index contributed by atoms with van der Waals surface area (Å²) in [5, 5.41) is 11.7. The van der Waals surface area contributed by atoms with Gasteiger partial charge >= 0.3 is 5.97 Å². The molecule has 7 heteroatoms. The van der Waals surface area contributed by atoms with E-state index in [1.165, 1.54) is 0 Å². The molecule has 1 aliphatic heterocycles. The fourth-order valence-electron chi connectivity index (χ4n) is 2.43. The van der Waals surface area contributed by atoms with Crippen molar-refractivity contribution < 1.29 is 19.4 Å². The molecule has 1 fully saturated rings. The van der Waals surface area contributed by atoms with Crippen molar-refractivity contribution in [3.63, 3.8) is 0 Å². The van der Waals surface area contributed by atoms with Crippen LogP contribution in [0.15, 0.2) is 22.7 Å². The first-order valence-corrected chi connectivity index (χ1v) is 7.36. The number of halogens is 1. The highest BCUT2D eigenvalue weighted by molar-refractivity contribution is 9.10. The van der Waals surface area contributed by atoms with Crippen LogP contribution >= 0.6 is 15.9 Å². The first kappa shape index (κ1) is 15.8. The van der Waals surface area contributed by atoms with E-state index in [-0.39, 0.29) is 12.3 Å². The summed E-state index contributed by atoms with van der Waals surface area (Å²) >= 11 is 3.41. The lowest BCUT2D eigenvalue weighted by Crippen LogP contribution is -2.55. The highest BCUT2D eigenvalue weighted by atomic mass is 79.9. The molecule has 0 aromatic heterocycles. The number of hydrogen-bond acceptors (Lipinski definition) is 4. The van der Waals surface area contributed by atoms with Gasteiger partial charge in [-0.3, -0.25) is 14.5 Å². The summed E-state index contributed by atoms with van der Waals surface area (Å²) in [6, 6.07) is 4.98. The Morgan fingerprint density at radius 2 is 2.33 bits per heavy atom. The molecular weight excluding hydrogens is 340 g/mol. The number of hydrogen-bond donors (Lipinski definition) is 2. The first-order valence-electron chi connectivity index (χ1n) is 6.57. The summed E-state index contributed by atoms with van der Waals surface area (Å²) in [6.45, 7) is 1.60. The number of ether oxygens (including phenoxy) is 1. The maximum absolute atomic E-state index is 11.9. The Morgan fingerprint density at radius 3 is 3.00 bits per heavy atom. The summed E-state index contributed by atoms with van der Waals surface area (Å²) in [4.78, 5) is 24.7. The fourth-order valence-corrected chi connectivity index (χ4v) is 2.84. The van der Waals surface area contributed by atoms with Crippen molar-refractivity contribution in [1.82, 2.24) is 10.2 Å². The fraction of sp³-hybridized carbons (Fsp3) is 0.429. The van der Waals surface area contributed by atoms with E-state index in [2.05, 4.69) is 21.2 Å². The number of nitrogens with one attached hydrogen (secondary N) is 1. The number of piperazine rings is 1. The molecule has 0 radical (unpaired) electrons. The van der Waals surface area contributed by atoms with Crippen LogP contribution in [0.5, 0.6) is 5.75 Å². The normalized spacial score (nSPS) is 19.1. The molecule has 6 nitrogen and oxygen atoms in total. The molecule has 114 valence electrons. The van der Waals surface area contributed by atoms with Crippen LogP contribution in [0.4, 0.5) is 0 Å². The molecule has 1 amide bonds. The van der Waals surface area contributed by atoms with E-state index in [1.54, 1.807) is 7.11 Å². The molecule has 2 N–H and O–H groups in total. The molecule has 1 atom stereocenters. The van der Waals surface area contributed by atoms with Crippen molar-refractivity contribution >= 4 is 27.8 Å². The molecule has 1 saturated heterocycles. The summed E-state index contributed by atoms with van der Waals surface area (Å²) in [6.07, 6.45) is -0.206. The molecule has 0 spiro atoms. The van der Waals surface area contributed by atoms with Crippen LogP contribution in [-0.2, 0) is 16.1 Å². The van der Waals surface area contributed by atoms with E-state index in [0.717, 1.165) is 15.8 Å². The lowest BCUT2D eigenvalue weighted by molar-refractivity contribution is -0.143. The third-order valence-electron chi connectivity index (χ3n) is 3.43. The van der Waals surface area contributed by atoms with Crippen LogP contribution < -0.4 is 10.1 Å². The smallest absolute Gasteiger partial charge is 0.305 e. The van der Waals surface area contributed by atoms with Crippen molar-refractivity contribution in [2.24, 2.45) is 0 Å². The van der Waals surface area contributed by atoms with Gasteiger partial charge in [0.05, 0.1) is 13.5 Å². The number of amides is 1. The highest BCUT2D eigenvalue weighted by Gasteiger charge is 2.31. The van der Waals surface area contributed by atoms with Crippen LogP contribution in [0.1, 0.15) is 12.0 Å². The van der Waals surface area contributed by atoms with Crippen molar-refractivity contribution in [2.45, 2.75) is 19.0 Å². The van der Waals surface area contributed by atoms with Crippen LogP contribution in [0.3, 0.4) is 0 Å². The minimum Gasteiger partial charge on any atom is -0.496 e. The van der Waals surface area contributed by atoms with Gasteiger partial charge in [-0.05, 0) is 18.2 Å². The Morgan fingerprint density at radius 1 is 1.57 bits per heavy atom. The Balaban J connectivity index is 2.21. The van der Waals surface area contributed by atoms with Gasteiger partial charge in [-0.15, -0.1) is 0 Å². The third-order valence-corrected chi connectivity index (χ3v) is 3.92. The Hall–Kier alpha value is -1.60. The second kappa shape index (κ2) is 6.91. The Bertz CT molecular complexity index is 550. The Kier molecular flexibility index (Phi) is 5.19. The van der Waals surface area contributed by atoms with Gasteiger partial charge in [0.15, 0.2) is 0 Å². The van der Waals surface area contributed by atoms with Gasteiger partial charge in [0.25, 0.3) is 0 Å². The molecule has 1 unspecified atom stereocenters. The number of carbonyl (C=O) groups excluding carboxylic acids is 1. The number of carboxylic acid groups (broad SMARTS) is 1. The topological polar surface area (TPSA) is 78.9 Å². The van der Waals surface area contributed by atoms with Gasteiger partial charge in [0.2, 0.25) is 5.91 Å². The minimum atomic E-state index is -0.983. The van der Waals surface area contributed by atoms with E-state index in [4.69, 9.17) is 9.84 Å². The van der Waals surface area contributed by atoms with Crippen LogP contribution in [0, 0.1) is 0 Å². The summed E-state index contributed by atoms with van der Waals surface area (Å²) in [7, 11) is 1.59. The number of benzene rings is 1. The van der Waals surface area contributed by atoms with Gasteiger partial charge < -0.3 is 15.2 Å².